The molecule has 23 heavy (non-hydrogen) atoms. The number of primary amides is 1. The number of ether oxygens (including phenoxy) is 2. The van der Waals surface area contributed by atoms with Crippen molar-refractivity contribution in [3.63, 3.8) is 0 Å². The van der Waals surface area contributed by atoms with Gasteiger partial charge in [0.1, 0.15) is 17.5 Å². The molecule has 0 saturated carbocycles. The number of hydrogen-bond acceptors (Lipinski definition) is 7. The van der Waals surface area contributed by atoms with E-state index in [2.05, 4.69) is 4.98 Å². The van der Waals surface area contributed by atoms with Crippen LogP contribution < -0.4 is 11.3 Å². The fourth-order valence-corrected chi connectivity index (χ4v) is 3.10. The highest BCUT2D eigenvalue weighted by atomic mass is 32.1. The molecule has 0 aliphatic heterocycles. The third-order valence-corrected chi connectivity index (χ3v) is 4.60. The molecule has 1 amide bonds. The minimum atomic E-state index is -0.840. The maximum atomic E-state index is 12.6. The monoisotopic (exact) mass is 339 g/mol. The van der Waals surface area contributed by atoms with Crippen LogP contribution in [-0.4, -0.2) is 41.8 Å². The van der Waals surface area contributed by atoms with E-state index in [1.165, 1.54) is 18.0 Å². The van der Waals surface area contributed by atoms with Gasteiger partial charge in [-0.15, -0.1) is 11.3 Å². The number of fused-ring (bicyclic) bond motifs is 1. The van der Waals surface area contributed by atoms with Crippen molar-refractivity contribution >= 4 is 33.4 Å². The van der Waals surface area contributed by atoms with E-state index in [-0.39, 0.29) is 18.1 Å². The summed E-state index contributed by atoms with van der Waals surface area (Å²) in [6, 6.07) is -0.840. The Labute approximate surface area is 135 Å². The highest BCUT2D eigenvalue weighted by Gasteiger charge is 2.22. The third kappa shape index (κ3) is 3.25. The number of carbonyl (C=O) groups is 2. The van der Waals surface area contributed by atoms with Gasteiger partial charge in [0.25, 0.3) is 11.5 Å². The summed E-state index contributed by atoms with van der Waals surface area (Å²) in [6.07, 6.45) is 1.27. The Balaban J connectivity index is 2.41. The number of nitrogens with zero attached hydrogens (tertiary/aromatic N) is 2. The summed E-state index contributed by atoms with van der Waals surface area (Å²) in [7, 11) is 1.50. The van der Waals surface area contributed by atoms with E-state index in [4.69, 9.17) is 15.2 Å². The Kier molecular flexibility index (Phi) is 5.12. The molecule has 2 aromatic rings. The Morgan fingerprint density at radius 3 is 2.74 bits per heavy atom. The molecular weight excluding hydrogens is 322 g/mol. The number of hydrogen-bond donors (Lipinski definition) is 1. The molecule has 9 heteroatoms. The lowest BCUT2D eigenvalue weighted by molar-refractivity contribution is -0.148. The lowest BCUT2D eigenvalue weighted by atomic mass is 10.2. The normalized spacial score (nSPS) is 12.3. The molecule has 0 bridgehead atoms. The number of methoxy groups -OCH3 is 1. The molecule has 0 radical (unpaired) electrons. The van der Waals surface area contributed by atoms with Crippen LogP contribution in [0.5, 0.6) is 0 Å². The van der Waals surface area contributed by atoms with E-state index in [0.29, 0.717) is 15.8 Å². The van der Waals surface area contributed by atoms with Gasteiger partial charge < -0.3 is 15.2 Å². The second kappa shape index (κ2) is 6.88. The van der Waals surface area contributed by atoms with Crippen molar-refractivity contribution in [1.29, 1.82) is 0 Å². The molecule has 0 aromatic carbocycles. The summed E-state index contributed by atoms with van der Waals surface area (Å²) in [6.45, 7) is 3.55. The first-order valence-electron chi connectivity index (χ1n) is 6.84. The van der Waals surface area contributed by atoms with Gasteiger partial charge in [-0.05, 0) is 19.4 Å². The molecular formula is C14H17N3O5S. The smallest absolute Gasteiger partial charge is 0.329 e. The maximum absolute atomic E-state index is 12.6. The van der Waals surface area contributed by atoms with Gasteiger partial charge in [0.2, 0.25) is 0 Å². The number of esters is 1. The third-order valence-electron chi connectivity index (χ3n) is 3.39. The molecule has 1 unspecified atom stereocenters. The van der Waals surface area contributed by atoms with Gasteiger partial charge in [0, 0.05) is 7.11 Å². The molecule has 2 aromatic heterocycles. The van der Waals surface area contributed by atoms with Gasteiger partial charge >= 0.3 is 5.97 Å². The van der Waals surface area contributed by atoms with Crippen molar-refractivity contribution in [2.24, 2.45) is 5.73 Å². The number of carbonyl (C=O) groups excluding carboxylic acids is 2. The van der Waals surface area contributed by atoms with Gasteiger partial charge in [-0.2, -0.15) is 0 Å². The molecule has 0 aliphatic rings. The summed E-state index contributed by atoms with van der Waals surface area (Å²) in [5, 5.41) is 0.294. The van der Waals surface area contributed by atoms with Gasteiger partial charge in [0.15, 0.2) is 0 Å². The molecule has 0 aliphatic carbocycles. The van der Waals surface area contributed by atoms with Crippen LogP contribution in [0.25, 0.3) is 10.2 Å². The number of nitrogens with two attached hydrogens (primary N) is 1. The van der Waals surface area contributed by atoms with Crippen molar-refractivity contribution in [1.82, 2.24) is 9.55 Å². The minimum Gasteiger partial charge on any atom is -0.462 e. The van der Waals surface area contributed by atoms with E-state index in [9.17, 15) is 14.4 Å². The predicted octanol–water partition coefficient (Wildman–Crippen LogP) is 0.616. The summed E-state index contributed by atoms with van der Waals surface area (Å²) in [4.78, 5) is 40.8. The van der Waals surface area contributed by atoms with E-state index >= 15 is 0 Å². The maximum Gasteiger partial charge on any atom is 0.329 e. The molecule has 1 atom stereocenters. The largest absolute Gasteiger partial charge is 0.462 e. The molecule has 0 fully saturated rings. The Hall–Kier alpha value is -2.26. The second-order valence-corrected chi connectivity index (χ2v) is 5.89. The average molecular weight is 339 g/mol. The van der Waals surface area contributed by atoms with Crippen molar-refractivity contribution in [3.05, 3.63) is 27.1 Å². The van der Waals surface area contributed by atoms with Crippen LogP contribution >= 0.6 is 11.3 Å². The van der Waals surface area contributed by atoms with Gasteiger partial charge in [0.05, 0.1) is 23.2 Å². The van der Waals surface area contributed by atoms with Crippen molar-refractivity contribution in [3.8, 4) is 0 Å². The van der Waals surface area contributed by atoms with E-state index in [1.54, 1.807) is 13.8 Å². The molecule has 0 saturated heterocycles. The van der Waals surface area contributed by atoms with Crippen LogP contribution in [0.3, 0.4) is 0 Å². The quantitative estimate of drug-likeness (QED) is 0.609. The molecule has 2 N–H and O–H groups in total. The molecule has 124 valence electrons. The van der Waals surface area contributed by atoms with Crippen molar-refractivity contribution in [2.75, 3.05) is 20.3 Å². The first kappa shape index (κ1) is 17.1. The summed E-state index contributed by atoms with van der Waals surface area (Å²) < 4.78 is 11.0. The lowest BCUT2D eigenvalue weighted by Gasteiger charge is -2.13. The van der Waals surface area contributed by atoms with Crippen LogP contribution in [0.1, 0.15) is 28.2 Å². The minimum absolute atomic E-state index is 0.105. The standard InChI is InChI=1S/C14H17N3O5S/c1-7-9-12(23-10(7)11(15)18)16-6-17(13(9)19)8(2)14(20)22-5-4-21-3/h6,8H,4-5H2,1-3H3,(H2,15,18). The summed E-state index contributed by atoms with van der Waals surface area (Å²) >= 11 is 1.06. The first-order valence-corrected chi connectivity index (χ1v) is 7.65. The van der Waals surface area contributed by atoms with Crippen molar-refractivity contribution < 1.29 is 19.1 Å². The Bertz CT molecular complexity index is 811. The zero-order valence-corrected chi connectivity index (χ0v) is 13.8. The topological polar surface area (TPSA) is 114 Å². The highest BCUT2D eigenvalue weighted by molar-refractivity contribution is 7.20. The zero-order valence-electron chi connectivity index (χ0n) is 13.0. The highest BCUT2D eigenvalue weighted by Crippen LogP contribution is 2.26. The summed E-state index contributed by atoms with van der Waals surface area (Å²) in [5.74, 6) is -1.17. The number of rotatable bonds is 6. The second-order valence-electron chi connectivity index (χ2n) is 4.89. The van der Waals surface area contributed by atoms with Crippen LogP contribution in [-0.2, 0) is 14.3 Å². The van der Waals surface area contributed by atoms with E-state index in [0.717, 1.165) is 11.3 Å². The number of amides is 1. The van der Waals surface area contributed by atoms with Gasteiger partial charge in [-0.1, -0.05) is 0 Å². The van der Waals surface area contributed by atoms with Crippen LogP contribution in [0.4, 0.5) is 0 Å². The van der Waals surface area contributed by atoms with Gasteiger partial charge in [-0.25, -0.2) is 9.78 Å². The fraction of sp³-hybridized carbons (Fsp3) is 0.429. The molecule has 2 rings (SSSR count). The summed E-state index contributed by atoms with van der Waals surface area (Å²) in [5.41, 5.74) is 5.36. The van der Waals surface area contributed by atoms with Crippen molar-refractivity contribution in [2.45, 2.75) is 19.9 Å². The predicted molar refractivity (Wildman–Crippen MR) is 84.7 cm³/mol. The number of thiophene rings is 1. The zero-order chi connectivity index (χ0) is 17.1. The SMILES string of the molecule is COCCOC(=O)C(C)n1cnc2sc(C(N)=O)c(C)c2c1=O. The number of aromatic nitrogens is 2. The van der Waals surface area contributed by atoms with E-state index in [1.807, 2.05) is 0 Å². The average Bonchev–Trinajstić information content (AvgIpc) is 2.85. The Morgan fingerprint density at radius 1 is 1.43 bits per heavy atom. The van der Waals surface area contributed by atoms with E-state index < -0.39 is 23.5 Å². The first-order chi connectivity index (χ1) is 10.9. The molecule has 2 heterocycles. The van der Waals surface area contributed by atoms with Crippen LogP contribution in [0.2, 0.25) is 0 Å². The number of aryl methyl sites for hydroxylation is 1. The fourth-order valence-electron chi connectivity index (χ4n) is 2.11. The molecule has 8 nitrogen and oxygen atoms in total. The van der Waals surface area contributed by atoms with Gasteiger partial charge in [-0.3, -0.25) is 14.2 Å². The lowest BCUT2D eigenvalue weighted by Crippen LogP contribution is -2.30. The van der Waals surface area contributed by atoms with Crippen LogP contribution in [0, 0.1) is 6.92 Å². The molecule has 0 spiro atoms. The van der Waals surface area contributed by atoms with Crippen LogP contribution in [0.15, 0.2) is 11.1 Å². The Morgan fingerprint density at radius 2 is 2.13 bits per heavy atom.